The molecule has 0 atom stereocenters. The van der Waals surface area contributed by atoms with Crippen LogP contribution in [0.2, 0.25) is 0 Å². The average molecular weight is 492 g/mol. The van der Waals surface area contributed by atoms with Gasteiger partial charge in [0.2, 0.25) is 0 Å². The summed E-state index contributed by atoms with van der Waals surface area (Å²) in [6.45, 7) is 5.47. The lowest BCUT2D eigenvalue weighted by molar-refractivity contribution is 0.0459. The molecule has 0 bridgehead atoms. The number of H-pyrrole nitrogens is 1. The average Bonchev–Trinajstić information content (AvgIpc) is 3.19. The first-order valence-corrected chi connectivity index (χ1v) is 14.0. The number of ether oxygens (including phenoxy) is 1. The van der Waals surface area contributed by atoms with Crippen LogP contribution in [0.5, 0.6) is 0 Å². The van der Waals surface area contributed by atoms with Gasteiger partial charge in [0.15, 0.2) is 9.84 Å². The molecule has 0 spiro atoms. The van der Waals surface area contributed by atoms with E-state index in [1.807, 2.05) is 33.0 Å². The number of alkyl carbamates (subject to hydrolysis) is 1. The Bertz CT molecular complexity index is 1100. The van der Waals surface area contributed by atoms with E-state index in [1.54, 1.807) is 6.33 Å². The molecule has 2 saturated carbocycles. The fourth-order valence-electron chi connectivity index (χ4n) is 5.26. The first-order chi connectivity index (χ1) is 16.0. The van der Waals surface area contributed by atoms with E-state index in [0.29, 0.717) is 18.9 Å². The van der Waals surface area contributed by atoms with Gasteiger partial charge in [-0.05, 0) is 77.2 Å². The monoisotopic (exact) mass is 491 g/mol. The van der Waals surface area contributed by atoms with Crippen molar-refractivity contribution in [3.05, 3.63) is 18.6 Å². The molecule has 188 valence electrons. The van der Waals surface area contributed by atoms with Crippen molar-refractivity contribution in [1.82, 2.24) is 20.3 Å². The molecular weight excluding hydrogens is 454 g/mol. The Kier molecular flexibility index (Phi) is 7.07. The molecule has 10 heteroatoms. The third-order valence-corrected chi connectivity index (χ3v) is 8.93. The Morgan fingerprint density at radius 1 is 1.15 bits per heavy atom. The van der Waals surface area contributed by atoms with Crippen molar-refractivity contribution in [2.24, 2.45) is 11.8 Å². The molecule has 2 aliphatic carbocycles. The summed E-state index contributed by atoms with van der Waals surface area (Å²) in [7, 11) is -1.05. The number of carbonyl (C=O) groups excluding carboxylic acids is 1. The minimum Gasteiger partial charge on any atom is -0.444 e. The fourth-order valence-corrected chi connectivity index (χ4v) is 7.44. The number of rotatable bonds is 7. The van der Waals surface area contributed by atoms with Gasteiger partial charge in [0.1, 0.15) is 23.4 Å². The lowest BCUT2D eigenvalue weighted by Crippen LogP contribution is -2.48. The Morgan fingerprint density at radius 3 is 2.50 bits per heavy atom. The number of fused-ring (bicyclic) bond motifs is 1. The maximum absolute atomic E-state index is 12.8. The van der Waals surface area contributed by atoms with Crippen molar-refractivity contribution >= 4 is 32.8 Å². The normalized spacial score (nSPS) is 25.5. The van der Waals surface area contributed by atoms with Crippen molar-refractivity contribution in [3.63, 3.8) is 0 Å². The van der Waals surface area contributed by atoms with E-state index in [-0.39, 0.29) is 29.4 Å². The summed E-state index contributed by atoms with van der Waals surface area (Å²) in [5.74, 6) is 1.73. The van der Waals surface area contributed by atoms with Crippen molar-refractivity contribution in [2.45, 2.75) is 77.0 Å². The van der Waals surface area contributed by atoms with Crippen LogP contribution in [0.4, 0.5) is 10.6 Å². The van der Waals surface area contributed by atoms with Gasteiger partial charge in [0.05, 0.1) is 16.9 Å². The highest BCUT2D eigenvalue weighted by Crippen LogP contribution is 2.34. The molecule has 2 aromatic rings. The van der Waals surface area contributed by atoms with Gasteiger partial charge in [-0.2, -0.15) is 0 Å². The summed E-state index contributed by atoms with van der Waals surface area (Å²) in [6, 6.07) is 2.35. The van der Waals surface area contributed by atoms with Crippen LogP contribution in [-0.2, 0) is 14.6 Å². The summed E-state index contributed by atoms with van der Waals surface area (Å²) in [6.07, 6.45) is 8.14. The highest BCUT2D eigenvalue weighted by molar-refractivity contribution is 7.91. The molecule has 2 aromatic heterocycles. The molecule has 2 heterocycles. The van der Waals surface area contributed by atoms with E-state index in [9.17, 15) is 13.2 Å². The van der Waals surface area contributed by atoms with Gasteiger partial charge in [0.25, 0.3) is 0 Å². The first kappa shape index (κ1) is 24.8. The van der Waals surface area contributed by atoms with Crippen LogP contribution < -0.4 is 10.2 Å². The maximum Gasteiger partial charge on any atom is 0.407 e. The molecule has 2 N–H and O–H groups in total. The summed E-state index contributed by atoms with van der Waals surface area (Å²) in [5.41, 5.74) is 0.296. The zero-order valence-electron chi connectivity index (χ0n) is 20.6. The van der Waals surface area contributed by atoms with Gasteiger partial charge in [-0.1, -0.05) is 0 Å². The molecule has 34 heavy (non-hydrogen) atoms. The van der Waals surface area contributed by atoms with E-state index in [1.165, 1.54) is 0 Å². The highest BCUT2D eigenvalue weighted by Gasteiger charge is 2.36. The predicted molar refractivity (Wildman–Crippen MR) is 133 cm³/mol. The van der Waals surface area contributed by atoms with E-state index < -0.39 is 21.5 Å². The van der Waals surface area contributed by atoms with Gasteiger partial charge in [-0.3, -0.25) is 0 Å². The van der Waals surface area contributed by atoms with Crippen LogP contribution in [0.3, 0.4) is 0 Å². The zero-order chi connectivity index (χ0) is 24.5. The number of aromatic amines is 1. The molecule has 0 saturated heterocycles. The molecule has 4 rings (SSSR count). The molecule has 0 radical (unpaired) electrons. The number of amides is 1. The van der Waals surface area contributed by atoms with Gasteiger partial charge in [0, 0.05) is 25.3 Å². The number of aromatic nitrogens is 3. The molecule has 0 unspecified atom stereocenters. The second-order valence-electron chi connectivity index (χ2n) is 11.0. The number of sulfone groups is 1. The Balaban J connectivity index is 1.20. The molecule has 1 amide bonds. The number of hydrogen-bond acceptors (Lipinski definition) is 7. The van der Waals surface area contributed by atoms with Gasteiger partial charge in [-0.25, -0.2) is 23.2 Å². The first-order valence-electron chi connectivity index (χ1n) is 12.2. The highest BCUT2D eigenvalue weighted by atomic mass is 32.2. The topological polar surface area (TPSA) is 117 Å². The van der Waals surface area contributed by atoms with Crippen LogP contribution in [0, 0.1) is 11.8 Å². The third-order valence-electron chi connectivity index (χ3n) is 6.97. The van der Waals surface area contributed by atoms with Crippen LogP contribution in [0.1, 0.15) is 59.3 Å². The SMILES string of the molecule is CN(c1ncnc2[nH]ccc12)C1CCC(CS(=O)(=O)CC2CC(NC(=O)OC(C)(C)C)C2)CC1. The van der Waals surface area contributed by atoms with Crippen molar-refractivity contribution < 1.29 is 17.9 Å². The van der Waals surface area contributed by atoms with E-state index >= 15 is 0 Å². The fraction of sp³-hybridized carbons (Fsp3) is 0.708. The van der Waals surface area contributed by atoms with E-state index in [0.717, 1.165) is 42.5 Å². The molecule has 0 aromatic carbocycles. The van der Waals surface area contributed by atoms with Crippen molar-refractivity contribution in [2.75, 3.05) is 23.5 Å². The molecule has 0 aliphatic heterocycles. The smallest absolute Gasteiger partial charge is 0.407 e. The summed E-state index contributed by atoms with van der Waals surface area (Å²) in [4.78, 5) is 26.0. The summed E-state index contributed by atoms with van der Waals surface area (Å²) >= 11 is 0. The predicted octanol–water partition coefficient (Wildman–Crippen LogP) is 3.67. The Labute approximate surface area is 202 Å². The molecule has 2 fully saturated rings. The van der Waals surface area contributed by atoms with E-state index in [2.05, 4.69) is 32.2 Å². The second kappa shape index (κ2) is 9.71. The van der Waals surface area contributed by atoms with Crippen LogP contribution in [0.25, 0.3) is 11.0 Å². The number of hydrogen-bond donors (Lipinski definition) is 2. The van der Waals surface area contributed by atoms with Gasteiger partial charge < -0.3 is 19.9 Å². The van der Waals surface area contributed by atoms with Gasteiger partial charge >= 0.3 is 6.09 Å². The number of carbonyl (C=O) groups is 1. The maximum atomic E-state index is 12.8. The van der Waals surface area contributed by atoms with E-state index in [4.69, 9.17) is 4.74 Å². The molecule has 9 nitrogen and oxygen atoms in total. The Morgan fingerprint density at radius 2 is 1.82 bits per heavy atom. The summed E-state index contributed by atoms with van der Waals surface area (Å²) in [5, 5.41) is 3.85. The standard InChI is InChI=1S/C24H37N5O4S/c1-24(2,3)33-23(30)28-18-11-17(12-18)14-34(31,32)13-16-5-7-19(8-6-16)29(4)22-20-9-10-25-21(20)26-15-27-22/h9-10,15-19H,5-8,11-14H2,1-4H3,(H,28,30)(H,25,26,27). The number of anilines is 1. The third kappa shape index (κ3) is 6.20. The largest absolute Gasteiger partial charge is 0.444 e. The second-order valence-corrected chi connectivity index (χ2v) is 13.1. The minimum atomic E-state index is -3.12. The molecule has 2 aliphatic rings. The van der Waals surface area contributed by atoms with Crippen LogP contribution in [0.15, 0.2) is 18.6 Å². The van der Waals surface area contributed by atoms with Crippen LogP contribution >= 0.6 is 0 Å². The minimum absolute atomic E-state index is 0.00863. The van der Waals surface area contributed by atoms with Crippen molar-refractivity contribution in [3.8, 4) is 0 Å². The number of nitrogens with zero attached hydrogens (tertiary/aromatic N) is 3. The molecular formula is C24H37N5O4S. The number of nitrogens with one attached hydrogen (secondary N) is 2. The Hall–Kier alpha value is -2.36. The summed E-state index contributed by atoms with van der Waals surface area (Å²) < 4.78 is 30.9. The van der Waals surface area contributed by atoms with Crippen LogP contribution in [-0.4, -0.2) is 65.7 Å². The quantitative estimate of drug-likeness (QED) is 0.607. The zero-order valence-corrected chi connectivity index (χ0v) is 21.4. The lowest BCUT2D eigenvalue weighted by atomic mass is 9.82. The lowest BCUT2D eigenvalue weighted by Gasteiger charge is -2.37. The van der Waals surface area contributed by atoms with Gasteiger partial charge in [-0.15, -0.1) is 0 Å². The van der Waals surface area contributed by atoms with Crippen molar-refractivity contribution in [1.29, 1.82) is 0 Å².